The van der Waals surface area contributed by atoms with Crippen LogP contribution in [0.3, 0.4) is 0 Å². The summed E-state index contributed by atoms with van der Waals surface area (Å²) < 4.78 is 52.7. The van der Waals surface area contributed by atoms with Crippen LogP contribution in [0.25, 0.3) is 84.2 Å². The van der Waals surface area contributed by atoms with Gasteiger partial charge < -0.3 is 14.0 Å². The molecule has 0 aliphatic heterocycles. The fourth-order valence-corrected chi connectivity index (χ4v) is 9.56. The Morgan fingerprint density at radius 2 is 1.30 bits per heavy atom. The Morgan fingerprint density at radius 3 is 1.94 bits per heavy atom. The van der Waals surface area contributed by atoms with Crippen LogP contribution in [-0.4, -0.2) is 19.5 Å². The molecule has 0 amide bonds. The van der Waals surface area contributed by atoms with Gasteiger partial charge in [-0.25, -0.2) is 4.98 Å². The van der Waals surface area contributed by atoms with Crippen LogP contribution >= 0.6 is 0 Å². The second-order valence-electron chi connectivity index (χ2n) is 18.5. The van der Waals surface area contributed by atoms with Gasteiger partial charge in [0.2, 0.25) is 5.89 Å². The molecule has 0 saturated heterocycles. The number of fused-ring (bicyclic) bond motifs is 2. The molecule has 3 heterocycles. The molecule has 347 valence electrons. The number of hydrogen-bond acceptors (Lipinski definition) is 4. The average Bonchev–Trinajstić information content (AvgIpc) is 4.05. The van der Waals surface area contributed by atoms with Crippen molar-refractivity contribution in [3.8, 4) is 62.0 Å². The number of benzene rings is 7. The van der Waals surface area contributed by atoms with Crippen molar-refractivity contribution in [1.82, 2.24) is 19.5 Å². The van der Waals surface area contributed by atoms with E-state index >= 15 is 0 Å². The van der Waals surface area contributed by atoms with E-state index in [1.807, 2.05) is 30.3 Å². The first-order valence-corrected chi connectivity index (χ1v) is 23.8. The van der Waals surface area contributed by atoms with E-state index in [1.165, 1.54) is 90.0 Å². The predicted octanol–water partition coefficient (Wildman–Crippen LogP) is 17.1. The summed E-state index contributed by atoms with van der Waals surface area (Å²) in [4.78, 5) is 14.6. The van der Waals surface area contributed by atoms with E-state index in [2.05, 4.69) is 146 Å². The van der Waals surface area contributed by atoms with E-state index in [0.717, 1.165) is 44.7 Å². The maximum absolute atomic E-state index is 7.28. The van der Waals surface area contributed by atoms with Crippen molar-refractivity contribution in [2.45, 2.75) is 91.3 Å². The molecule has 1 aliphatic carbocycles. The topological polar surface area (TPSA) is 56.7 Å². The van der Waals surface area contributed by atoms with Crippen molar-refractivity contribution in [1.29, 1.82) is 0 Å². The van der Waals surface area contributed by atoms with Gasteiger partial charge in [0, 0.05) is 51.3 Å². The second kappa shape index (κ2) is 20.9. The molecular formula is C63H58IrN4O-2. The van der Waals surface area contributed by atoms with Crippen LogP contribution in [0.15, 0.2) is 168 Å². The third-order valence-corrected chi connectivity index (χ3v) is 13.1. The molecule has 0 bridgehead atoms. The quantitative estimate of drug-likeness (QED) is 0.135. The predicted molar refractivity (Wildman–Crippen MR) is 281 cm³/mol. The van der Waals surface area contributed by atoms with E-state index in [4.69, 9.17) is 22.6 Å². The molecule has 6 heteroatoms. The number of rotatable bonds is 9. The molecule has 0 atom stereocenters. The molecule has 3 aromatic heterocycles. The molecule has 0 N–H and O–H groups in total. The van der Waals surface area contributed by atoms with Crippen molar-refractivity contribution < 1.29 is 32.7 Å². The van der Waals surface area contributed by atoms with Crippen molar-refractivity contribution in [3.05, 3.63) is 204 Å². The first-order valence-electron chi connectivity index (χ1n) is 26.8. The van der Waals surface area contributed by atoms with Gasteiger partial charge in [0.05, 0.1) is 22.4 Å². The minimum atomic E-state index is -2.18. The van der Waals surface area contributed by atoms with E-state index in [9.17, 15) is 0 Å². The number of imidazole rings is 1. The molecule has 5 nitrogen and oxygen atoms in total. The largest absolute Gasteiger partial charge is 0.484 e. The number of nitrogens with zero attached hydrogens (tertiary/aromatic N) is 4. The summed E-state index contributed by atoms with van der Waals surface area (Å²) in [5, 5.41) is 0. The smallest absolute Gasteiger partial charge is 0.216 e. The maximum Gasteiger partial charge on any atom is 0.216 e. The van der Waals surface area contributed by atoms with E-state index in [0.29, 0.717) is 28.6 Å². The zero-order valence-corrected chi connectivity index (χ0v) is 41.8. The molecule has 10 aromatic rings. The monoisotopic (exact) mass is 1090 g/mol. The van der Waals surface area contributed by atoms with Crippen LogP contribution < -0.4 is 0 Å². The Morgan fingerprint density at radius 1 is 0.638 bits per heavy atom. The van der Waals surface area contributed by atoms with Crippen LogP contribution in [0.1, 0.15) is 114 Å². The maximum atomic E-state index is 7.28. The molecule has 1 aliphatic rings. The SMILES string of the molecule is CC(C)c1cc(-c2ccccc2)cc(C(C)C)c1-n1c(-c2[c-]c3nc(-c4ccccc4)oc3c(-c3ccc(C4CCCCC4)cc3)c2)nc2ccccc21.[2H]C([2H])([2H])c1c[c-]c(-c2ccc(C([2H])([2H])[2H])cn2)cc1.[Ir]. The number of aryl methyl sites for hydroxylation is 2. The fraction of sp³-hybridized carbons (Fsp3) is 0.222. The Labute approximate surface area is 429 Å². The summed E-state index contributed by atoms with van der Waals surface area (Å²) in [6.07, 6.45) is 7.83. The number of hydrogen-bond donors (Lipinski definition) is 0. The second-order valence-corrected chi connectivity index (χ2v) is 18.5. The van der Waals surface area contributed by atoms with Crippen LogP contribution in [0, 0.1) is 25.8 Å². The standard InChI is InChI=1S/C50H46N3O.C13H12N.Ir/c1-32(2)41-28-39(35-18-10-6-11-19-35)29-42(33(3)4)47(41)53-46-23-15-14-22-44(46)51-49(53)40-30-43(37-26-24-36(25-27-37)34-16-8-5-9-17-34)48-45(31-40)52-50(54-48)38-20-12-7-13-21-38;1-10-3-6-12(7-4-10)13-8-5-11(2)9-14-13;/h6-7,10-15,18-30,32-34H,5,8-9,16-17H2,1-4H3;3-6,8-9H,1-2H3;/q2*-1;/i;1D3,2D3;. The van der Waals surface area contributed by atoms with Crippen molar-refractivity contribution >= 4 is 22.1 Å². The molecule has 0 spiro atoms. The molecule has 0 unspecified atom stereocenters. The van der Waals surface area contributed by atoms with E-state index in [-0.39, 0.29) is 43.1 Å². The van der Waals surface area contributed by atoms with Crippen LogP contribution in [0.2, 0.25) is 0 Å². The molecule has 1 radical (unpaired) electrons. The Hall–Kier alpha value is -6.72. The summed E-state index contributed by atoms with van der Waals surface area (Å²) in [6.45, 7) is 4.84. The van der Waals surface area contributed by atoms with Gasteiger partial charge in [-0.05, 0) is 118 Å². The first kappa shape index (κ1) is 40.2. The molecule has 7 aromatic carbocycles. The number of pyridine rings is 1. The first-order chi connectivity index (χ1) is 35.6. The number of para-hydroxylation sites is 2. The Kier molecular flexibility index (Phi) is 12.2. The zero-order chi connectivity index (χ0) is 51.7. The summed E-state index contributed by atoms with van der Waals surface area (Å²) in [5.74, 6) is 2.61. The van der Waals surface area contributed by atoms with E-state index in [1.54, 1.807) is 12.1 Å². The molecule has 11 rings (SSSR count). The third-order valence-electron chi connectivity index (χ3n) is 13.1. The summed E-state index contributed by atoms with van der Waals surface area (Å²) >= 11 is 0. The number of aromatic nitrogens is 4. The normalized spacial score (nSPS) is 14.5. The van der Waals surface area contributed by atoms with Crippen molar-refractivity contribution in [2.75, 3.05) is 0 Å². The third kappa shape index (κ3) is 10.1. The summed E-state index contributed by atoms with van der Waals surface area (Å²) in [7, 11) is 0. The molecule has 1 saturated carbocycles. The average molecular weight is 1090 g/mol. The van der Waals surface area contributed by atoms with Crippen LogP contribution in [0.5, 0.6) is 0 Å². The summed E-state index contributed by atoms with van der Waals surface area (Å²) in [5.41, 5.74) is 16.6. The van der Waals surface area contributed by atoms with Gasteiger partial charge in [0.25, 0.3) is 0 Å². The summed E-state index contributed by atoms with van der Waals surface area (Å²) in [6, 6.07) is 59.7. The van der Waals surface area contributed by atoms with Gasteiger partial charge >= 0.3 is 0 Å². The fourth-order valence-electron chi connectivity index (χ4n) is 9.56. The van der Waals surface area contributed by atoms with Gasteiger partial charge in [-0.3, -0.25) is 4.98 Å². The molecule has 69 heavy (non-hydrogen) atoms. The van der Waals surface area contributed by atoms with Gasteiger partial charge in [-0.1, -0.05) is 156 Å². The molecule has 1 fully saturated rings. The zero-order valence-electron chi connectivity index (χ0n) is 45.4. The van der Waals surface area contributed by atoms with E-state index < -0.39 is 13.7 Å². The van der Waals surface area contributed by atoms with Gasteiger partial charge in [0.1, 0.15) is 0 Å². The van der Waals surface area contributed by atoms with Crippen LogP contribution in [0.4, 0.5) is 0 Å². The minimum absolute atomic E-state index is 0. The Balaban J connectivity index is 0.000000277. The van der Waals surface area contributed by atoms with Crippen molar-refractivity contribution in [2.24, 2.45) is 0 Å². The van der Waals surface area contributed by atoms with Gasteiger partial charge in [0.15, 0.2) is 0 Å². The number of oxazole rings is 1. The Bertz CT molecular complexity index is 3460. The minimum Gasteiger partial charge on any atom is -0.484 e. The van der Waals surface area contributed by atoms with Gasteiger partial charge in [-0.15, -0.1) is 53.1 Å². The van der Waals surface area contributed by atoms with Crippen molar-refractivity contribution in [3.63, 3.8) is 0 Å². The van der Waals surface area contributed by atoms with Gasteiger partial charge in [-0.2, -0.15) is 0 Å². The van der Waals surface area contributed by atoms with Crippen LogP contribution in [-0.2, 0) is 20.1 Å². The molecular weight excluding hydrogens is 1020 g/mol.